The molecular weight excluding hydrogens is 472 g/mol. The summed E-state index contributed by atoms with van der Waals surface area (Å²) in [7, 11) is 1.40. The minimum Gasteiger partial charge on any atom is -0.441 e. The zero-order valence-electron chi connectivity index (χ0n) is 19.2. The SMILES string of the molecule is CNC(=O)[C@H]1O[C@@H](n2cnc3c(N)nc(C#CCN(C(=O)c4ncco4)C4CCC4)nc32)C(O)[C@@H]1O. The van der Waals surface area contributed by atoms with Crippen LogP contribution >= 0.6 is 0 Å². The Kier molecular flexibility index (Phi) is 6.27. The molecule has 1 aliphatic heterocycles. The number of rotatable bonds is 5. The maximum absolute atomic E-state index is 12.8. The van der Waals surface area contributed by atoms with Gasteiger partial charge in [-0.05, 0) is 25.2 Å². The van der Waals surface area contributed by atoms with Crippen molar-refractivity contribution in [3.05, 3.63) is 30.5 Å². The van der Waals surface area contributed by atoms with Crippen LogP contribution in [-0.2, 0) is 9.53 Å². The lowest BCUT2D eigenvalue weighted by molar-refractivity contribution is -0.137. The van der Waals surface area contributed by atoms with E-state index in [4.69, 9.17) is 14.9 Å². The lowest BCUT2D eigenvalue weighted by Crippen LogP contribution is -2.44. The first-order valence-corrected chi connectivity index (χ1v) is 11.3. The Morgan fingerprint density at radius 2 is 2.08 bits per heavy atom. The molecule has 1 saturated carbocycles. The van der Waals surface area contributed by atoms with E-state index in [2.05, 4.69) is 37.1 Å². The molecule has 2 amide bonds. The second-order valence-corrected chi connectivity index (χ2v) is 8.46. The fourth-order valence-electron chi connectivity index (χ4n) is 4.15. The highest BCUT2D eigenvalue weighted by Gasteiger charge is 2.47. The van der Waals surface area contributed by atoms with E-state index in [1.54, 1.807) is 4.90 Å². The predicted octanol–water partition coefficient (Wildman–Crippen LogP) is -1.19. The highest BCUT2D eigenvalue weighted by atomic mass is 16.6. The van der Waals surface area contributed by atoms with E-state index in [-0.39, 0.29) is 47.2 Å². The predicted molar refractivity (Wildman–Crippen MR) is 122 cm³/mol. The van der Waals surface area contributed by atoms with Crippen LogP contribution in [0, 0.1) is 11.8 Å². The van der Waals surface area contributed by atoms with Crippen molar-refractivity contribution in [2.24, 2.45) is 0 Å². The summed E-state index contributed by atoms with van der Waals surface area (Å²) in [6, 6.07) is 0.0503. The second kappa shape index (κ2) is 9.53. The van der Waals surface area contributed by atoms with Gasteiger partial charge in [0.2, 0.25) is 5.82 Å². The van der Waals surface area contributed by atoms with Crippen LogP contribution in [0.15, 0.2) is 23.2 Å². The third-order valence-corrected chi connectivity index (χ3v) is 6.31. The van der Waals surface area contributed by atoms with Crippen LogP contribution in [0.1, 0.15) is 42.0 Å². The Labute approximate surface area is 204 Å². The van der Waals surface area contributed by atoms with Gasteiger partial charge in [-0.1, -0.05) is 5.92 Å². The molecule has 2 fully saturated rings. The average Bonchev–Trinajstić information content (AvgIpc) is 3.57. The number of nitrogen functional groups attached to an aromatic ring is 1. The summed E-state index contributed by atoms with van der Waals surface area (Å²) >= 11 is 0. The number of ether oxygens (including phenoxy) is 1. The van der Waals surface area contributed by atoms with Crippen LogP contribution in [0.5, 0.6) is 0 Å². The summed E-state index contributed by atoms with van der Waals surface area (Å²) in [5, 5.41) is 23.2. The van der Waals surface area contributed by atoms with Crippen molar-refractivity contribution in [3.63, 3.8) is 0 Å². The molecule has 0 aromatic carbocycles. The first kappa shape index (κ1) is 23.7. The first-order valence-electron chi connectivity index (χ1n) is 11.3. The van der Waals surface area contributed by atoms with Gasteiger partial charge in [0, 0.05) is 13.1 Å². The molecule has 14 nitrogen and oxygen atoms in total. The highest BCUT2D eigenvalue weighted by Crippen LogP contribution is 2.32. The van der Waals surface area contributed by atoms with E-state index in [1.807, 2.05) is 0 Å². The number of aliphatic hydroxyl groups excluding tert-OH is 2. The van der Waals surface area contributed by atoms with Crippen molar-refractivity contribution in [2.45, 2.75) is 49.8 Å². The number of hydrogen-bond donors (Lipinski definition) is 4. The van der Waals surface area contributed by atoms with Gasteiger partial charge in [0.25, 0.3) is 11.8 Å². The number of hydrogen-bond acceptors (Lipinski definition) is 11. The van der Waals surface area contributed by atoms with Gasteiger partial charge in [-0.2, -0.15) is 0 Å². The number of aromatic nitrogens is 5. The molecule has 14 heteroatoms. The molecule has 36 heavy (non-hydrogen) atoms. The van der Waals surface area contributed by atoms with Crippen molar-refractivity contribution < 1.29 is 29.0 Å². The molecular formula is C22H24N8O6. The number of amides is 2. The number of fused-ring (bicyclic) bond motifs is 1. The Morgan fingerprint density at radius 3 is 2.75 bits per heavy atom. The molecule has 5 rings (SSSR count). The number of anilines is 1. The fraction of sp³-hybridized carbons (Fsp3) is 0.455. The van der Waals surface area contributed by atoms with Gasteiger partial charge in [-0.25, -0.2) is 19.9 Å². The van der Waals surface area contributed by atoms with E-state index >= 15 is 0 Å². The summed E-state index contributed by atoms with van der Waals surface area (Å²) in [4.78, 5) is 43.0. The van der Waals surface area contributed by atoms with Crippen LogP contribution in [0.2, 0.25) is 0 Å². The number of carbonyl (C=O) groups excluding carboxylic acids is 2. The third-order valence-electron chi connectivity index (χ3n) is 6.31. The van der Waals surface area contributed by atoms with Crippen molar-refractivity contribution in [1.29, 1.82) is 0 Å². The smallest absolute Gasteiger partial charge is 0.310 e. The van der Waals surface area contributed by atoms with E-state index in [0.717, 1.165) is 19.3 Å². The van der Waals surface area contributed by atoms with Crippen LogP contribution in [0.25, 0.3) is 11.2 Å². The molecule has 1 aliphatic carbocycles. The number of aliphatic hydroxyl groups is 2. The maximum Gasteiger partial charge on any atom is 0.310 e. The highest BCUT2D eigenvalue weighted by molar-refractivity contribution is 5.90. The number of nitrogens with zero attached hydrogens (tertiary/aromatic N) is 6. The summed E-state index contributed by atoms with van der Waals surface area (Å²) in [5.41, 5.74) is 6.50. The standard InChI is InChI=1S/C22H24N8O6/c1-24-19(33)16-14(31)15(32)22(36-16)30-10-26-13-17(23)27-12(28-18(13)30)6-3-8-29(11-4-2-5-11)21(34)20-25-7-9-35-20/h7,9-11,14-16,22,31-32H,2,4-5,8H2,1H3,(H,24,33)(H2,23,27,28)/t14-,15?,16-,22+/m0/s1. The Hall–Kier alpha value is -4.06. The van der Waals surface area contributed by atoms with Crippen LogP contribution < -0.4 is 11.1 Å². The monoisotopic (exact) mass is 496 g/mol. The summed E-state index contributed by atoms with van der Waals surface area (Å²) in [6.45, 7) is 0.108. The van der Waals surface area contributed by atoms with Gasteiger partial charge in [0.05, 0.1) is 19.1 Å². The Morgan fingerprint density at radius 1 is 1.28 bits per heavy atom. The minimum atomic E-state index is -1.45. The molecule has 1 saturated heterocycles. The van der Waals surface area contributed by atoms with E-state index < -0.39 is 30.4 Å². The third kappa shape index (κ3) is 4.13. The van der Waals surface area contributed by atoms with E-state index in [0.29, 0.717) is 0 Å². The fourth-order valence-corrected chi connectivity index (χ4v) is 4.15. The second-order valence-electron chi connectivity index (χ2n) is 8.46. The van der Waals surface area contributed by atoms with Gasteiger partial charge >= 0.3 is 5.91 Å². The topological polar surface area (TPSA) is 195 Å². The van der Waals surface area contributed by atoms with Gasteiger partial charge in [0.15, 0.2) is 23.8 Å². The van der Waals surface area contributed by atoms with Crippen molar-refractivity contribution in [2.75, 3.05) is 19.3 Å². The molecule has 3 aromatic rings. The number of likely N-dealkylation sites (N-methyl/N-ethyl adjacent to an activating group) is 1. The lowest BCUT2D eigenvalue weighted by atomic mass is 9.91. The largest absolute Gasteiger partial charge is 0.441 e. The maximum atomic E-state index is 12.8. The average molecular weight is 496 g/mol. The van der Waals surface area contributed by atoms with Gasteiger partial charge in [0.1, 0.15) is 24.0 Å². The quantitative estimate of drug-likeness (QED) is 0.310. The number of imidazole rings is 1. The summed E-state index contributed by atoms with van der Waals surface area (Å²) in [5.74, 6) is 4.93. The minimum absolute atomic E-state index is 0.00174. The van der Waals surface area contributed by atoms with Crippen LogP contribution in [0.3, 0.4) is 0 Å². The van der Waals surface area contributed by atoms with Crippen LogP contribution in [-0.4, -0.2) is 89.4 Å². The summed E-state index contributed by atoms with van der Waals surface area (Å²) in [6.07, 6.45) is 1.55. The Bertz CT molecular complexity index is 1340. The number of carbonyl (C=O) groups is 2. The molecule has 188 valence electrons. The lowest BCUT2D eigenvalue weighted by Gasteiger charge is -2.35. The molecule has 4 atom stereocenters. The van der Waals surface area contributed by atoms with E-state index in [9.17, 15) is 19.8 Å². The summed E-state index contributed by atoms with van der Waals surface area (Å²) < 4.78 is 12.1. The molecule has 1 unspecified atom stereocenters. The number of oxazole rings is 1. The van der Waals surface area contributed by atoms with Crippen LogP contribution in [0.4, 0.5) is 5.82 Å². The normalized spacial score (nSPS) is 23.6. The molecule has 0 radical (unpaired) electrons. The van der Waals surface area contributed by atoms with Crippen molar-refractivity contribution in [1.82, 2.24) is 34.7 Å². The van der Waals surface area contributed by atoms with Gasteiger partial charge in [-0.3, -0.25) is 14.2 Å². The van der Waals surface area contributed by atoms with Gasteiger partial charge < -0.3 is 35.3 Å². The molecule has 0 bridgehead atoms. The van der Waals surface area contributed by atoms with Gasteiger partial charge in [-0.15, -0.1) is 0 Å². The Balaban J connectivity index is 1.41. The van der Waals surface area contributed by atoms with E-state index in [1.165, 1.54) is 30.4 Å². The van der Waals surface area contributed by atoms with Crippen molar-refractivity contribution >= 4 is 28.8 Å². The van der Waals surface area contributed by atoms with Crippen molar-refractivity contribution in [3.8, 4) is 11.8 Å². The number of nitrogens with one attached hydrogen (secondary N) is 1. The molecule has 3 aromatic heterocycles. The molecule has 2 aliphatic rings. The number of nitrogens with two attached hydrogens (primary N) is 1. The molecule has 0 spiro atoms. The molecule has 4 heterocycles. The molecule has 5 N–H and O–H groups in total. The zero-order chi connectivity index (χ0) is 25.4. The zero-order valence-corrected chi connectivity index (χ0v) is 19.2. The first-order chi connectivity index (χ1) is 17.4.